The molecule has 3 atom stereocenters. The predicted molar refractivity (Wildman–Crippen MR) is 59.0 cm³/mol. The second kappa shape index (κ2) is 2.54. The topological polar surface area (TPSA) is 35.5 Å². The summed E-state index contributed by atoms with van der Waals surface area (Å²) in [5, 5.41) is 0. The highest BCUT2D eigenvalue weighted by Gasteiger charge is 2.75. The van der Waals surface area contributed by atoms with E-state index in [9.17, 15) is 4.79 Å². The summed E-state index contributed by atoms with van der Waals surface area (Å²) < 4.78 is 12.2. The lowest BCUT2D eigenvalue weighted by molar-refractivity contribution is -0.180. The average Bonchev–Trinajstić information content (AvgIpc) is 2.63. The molecule has 16 heavy (non-hydrogen) atoms. The molecule has 0 amide bonds. The molecule has 2 bridgehead atoms. The Hall–Kier alpha value is -0.410. The zero-order valence-electron chi connectivity index (χ0n) is 10.6. The molecule has 90 valence electrons. The van der Waals surface area contributed by atoms with Crippen LogP contribution in [0.5, 0.6) is 0 Å². The van der Waals surface area contributed by atoms with Gasteiger partial charge in [-0.05, 0) is 32.1 Å². The zero-order valence-corrected chi connectivity index (χ0v) is 10.6. The summed E-state index contributed by atoms with van der Waals surface area (Å²) in [6.45, 7) is 8.31. The van der Waals surface area contributed by atoms with Gasteiger partial charge < -0.3 is 9.47 Å². The predicted octanol–water partition coefficient (Wildman–Crippen LogP) is 2.43. The Balaban J connectivity index is 2.17. The second-order valence-electron chi connectivity index (χ2n) is 6.51. The Kier molecular flexibility index (Phi) is 1.70. The van der Waals surface area contributed by atoms with Gasteiger partial charge in [0.2, 0.25) is 0 Å². The van der Waals surface area contributed by atoms with Gasteiger partial charge in [0, 0.05) is 12.8 Å². The molecule has 0 aromatic rings. The van der Waals surface area contributed by atoms with Crippen molar-refractivity contribution in [3.05, 3.63) is 0 Å². The minimum absolute atomic E-state index is 0.0178. The summed E-state index contributed by atoms with van der Waals surface area (Å²) in [6, 6.07) is 0. The van der Waals surface area contributed by atoms with Gasteiger partial charge in [0.1, 0.15) is 5.60 Å². The molecule has 2 heterocycles. The maximum absolute atomic E-state index is 12.2. The molecule has 1 spiro atoms. The van der Waals surface area contributed by atoms with E-state index in [-0.39, 0.29) is 11.2 Å². The molecule has 1 aliphatic carbocycles. The number of carbonyl (C=O) groups excluding carboxylic acids is 1. The van der Waals surface area contributed by atoms with Crippen LogP contribution >= 0.6 is 0 Å². The van der Waals surface area contributed by atoms with E-state index >= 15 is 0 Å². The summed E-state index contributed by atoms with van der Waals surface area (Å²) in [7, 11) is 0. The minimum Gasteiger partial charge on any atom is -0.340 e. The van der Waals surface area contributed by atoms with Crippen LogP contribution in [0.4, 0.5) is 0 Å². The van der Waals surface area contributed by atoms with E-state index in [1.807, 2.05) is 13.8 Å². The highest BCUT2D eigenvalue weighted by atomic mass is 16.8. The molecule has 0 N–H and O–H groups in total. The normalized spacial score (nSPS) is 54.1. The highest BCUT2D eigenvalue weighted by molar-refractivity contribution is 5.90. The average molecular weight is 224 g/mol. The van der Waals surface area contributed by atoms with E-state index in [1.54, 1.807) is 0 Å². The van der Waals surface area contributed by atoms with Crippen LogP contribution in [0.2, 0.25) is 0 Å². The van der Waals surface area contributed by atoms with E-state index in [0.29, 0.717) is 6.42 Å². The molecule has 1 saturated carbocycles. The molecule has 3 nitrogen and oxygen atoms in total. The second-order valence-corrected chi connectivity index (χ2v) is 6.51. The van der Waals surface area contributed by atoms with Gasteiger partial charge in [-0.2, -0.15) is 0 Å². The van der Waals surface area contributed by atoms with Crippen LogP contribution < -0.4 is 0 Å². The number of hydrogen-bond donors (Lipinski definition) is 0. The molecule has 0 aromatic heterocycles. The molecule has 0 unspecified atom stereocenters. The van der Waals surface area contributed by atoms with E-state index in [0.717, 1.165) is 19.3 Å². The number of rotatable bonds is 0. The first-order valence-corrected chi connectivity index (χ1v) is 6.18. The van der Waals surface area contributed by atoms with Crippen molar-refractivity contribution in [2.45, 2.75) is 70.4 Å². The Morgan fingerprint density at radius 2 is 1.69 bits per heavy atom. The Labute approximate surface area is 96.5 Å². The van der Waals surface area contributed by atoms with Gasteiger partial charge in [0.15, 0.2) is 17.2 Å². The van der Waals surface area contributed by atoms with Crippen molar-refractivity contribution in [1.82, 2.24) is 0 Å². The first kappa shape index (κ1) is 10.7. The van der Waals surface area contributed by atoms with Crippen molar-refractivity contribution >= 4 is 5.78 Å². The first-order valence-electron chi connectivity index (χ1n) is 6.18. The number of Topliss-reactive ketones (excluding diaryl/α,β-unsaturated/α-hetero) is 1. The third kappa shape index (κ3) is 0.912. The lowest BCUT2D eigenvalue weighted by atomic mass is 9.56. The molecular formula is C13H20O3. The number of ketones is 1. The van der Waals surface area contributed by atoms with Crippen LogP contribution in [0, 0.1) is 5.41 Å². The Bertz CT molecular complexity index is 375. The lowest BCUT2D eigenvalue weighted by Gasteiger charge is -2.53. The van der Waals surface area contributed by atoms with E-state index in [1.165, 1.54) is 0 Å². The van der Waals surface area contributed by atoms with Gasteiger partial charge in [-0.1, -0.05) is 13.8 Å². The smallest absolute Gasteiger partial charge is 0.168 e. The maximum Gasteiger partial charge on any atom is 0.168 e. The monoisotopic (exact) mass is 224 g/mol. The largest absolute Gasteiger partial charge is 0.340 e. The molecule has 3 heteroatoms. The van der Waals surface area contributed by atoms with Crippen molar-refractivity contribution in [2.24, 2.45) is 5.41 Å². The quantitative estimate of drug-likeness (QED) is 0.634. The van der Waals surface area contributed by atoms with Crippen molar-refractivity contribution in [3.63, 3.8) is 0 Å². The van der Waals surface area contributed by atoms with Crippen molar-refractivity contribution in [2.75, 3.05) is 0 Å². The minimum atomic E-state index is -0.720. The van der Waals surface area contributed by atoms with Crippen LogP contribution in [0.1, 0.15) is 53.4 Å². The van der Waals surface area contributed by atoms with Crippen LogP contribution in [-0.4, -0.2) is 22.8 Å². The zero-order chi connectivity index (χ0) is 11.8. The van der Waals surface area contributed by atoms with Crippen molar-refractivity contribution < 1.29 is 14.3 Å². The first-order chi connectivity index (χ1) is 7.25. The third-order valence-electron chi connectivity index (χ3n) is 5.11. The fraction of sp³-hybridized carbons (Fsp3) is 0.923. The summed E-state index contributed by atoms with van der Waals surface area (Å²) in [5.74, 6) is -0.318. The number of hydrogen-bond acceptors (Lipinski definition) is 3. The summed E-state index contributed by atoms with van der Waals surface area (Å²) in [6.07, 6.45) is 3.36. The van der Waals surface area contributed by atoms with Gasteiger partial charge in [0.25, 0.3) is 0 Å². The standard InChI is InChI=1S/C13H20O3/c1-10(2)6-5-9(14)12(4)13(10)8-7-11(3,15-12)16-13/h5-8H2,1-4H3/t11-,12+,13-/m1/s1. The maximum atomic E-state index is 12.2. The lowest BCUT2D eigenvalue weighted by Crippen LogP contribution is -2.65. The van der Waals surface area contributed by atoms with Crippen molar-refractivity contribution in [3.8, 4) is 0 Å². The molecule has 3 aliphatic rings. The van der Waals surface area contributed by atoms with Gasteiger partial charge >= 0.3 is 0 Å². The number of carbonyl (C=O) groups is 1. The summed E-state index contributed by atoms with van der Waals surface area (Å²) in [5.41, 5.74) is -1.10. The molecular weight excluding hydrogens is 204 g/mol. The van der Waals surface area contributed by atoms with Crippen LogP contribution in [0.3, 0.4) is 0 Å². The van der Waals surface area contributed by atoms with E-state index in [4.69, 9.17) is 9.47 Å². The van der Waals surface area contributed by atoms with Crippen LogP contribution in [0.15, 0.2) is 0 Å². The summed E-state index contributed by atoms with van der Waals surface area (Å²) >= 11 is 0. The van der Waals surface area contributed by atoms with Crippen LogP contribution in [-0.2, 0) is 14.3 Å². The molecule has 3 fully saturated rings. The number of fused-ring (bicyclic) bond motifs is 1. The van der Waals surface area contributed by atoms with Gasteiger partial charge in [-0.25, -0.2) is 0 Å². The fourth-order valence-corrected chi connectivity index (χ4v) is 4.07. The van der Waals surface area contributed by atoms with Gasteiger partial charge in [-0.3, -0.25) is 4.79 Å². The molecule has 0 aromatic carbocycles. The Morgan fingerprint density at radius 3 is 2.25 bits per heavy atom. The highest BCUT2D eigenvalue weighted by Crippen LogP contribution is 2.65. The number of ether oxygens (including phenoxy) is 2. The fourth-order valence-electron chi connectivity index (χ4n) is 4.07. The molecule has 0 radical (unpaired) electrons. The van der Waals surface area contributed by atoms with E-state index < -0.39 is 17.0 Å². The van der Waals surface area contributed by atoms with Crippen LogP contribution in [0.25, 0.3) is 0 Å². The van der Waals surface area contributed by atoms with Crippen molar-refractivity contribution in [1.29, 1.82) is 0 Å². The Morgan fingerprint density at radius 1 is 1.00 bits per heavy atom. The molecule has 3 rings (SSSR count). The molecule has 2 aliphatic heterocycles. The molecule has 2 saturated heterocycles. The van der Waals surface area contributed by atoms with Gasteiger partial charge in [0.05, 0.1) is 0 Å². The van der Waals surface area contributed by atoms with Gasteiger partial charge in [-0.15, -0.1) is 0 Å². The SMILES string of the molecule is CC1(C)CCC(=O)[C@]2(C)O[C@@]3(C)CC[C@@]12O3. The van der Waals surface area contributed by atoms with E-state index in [2.05, 4.69) is 13.8 Å². The third-order valence-corrected chi connectivity index (χ3v) is 5.11. The summed E-state index contributed by atoms with van der Waals surface area (Å²) in [4.78, 5) is 12.2.